The van der Waals surface area contributed by atoms with Gasteiger partial charge >= 0.3 is 0 Å². The van der Waals surface area contributed by atoms with Crippen LogP contribution >= 0.6 is 11.8 Å². The minimum Gasteiger partial charge on any atom is -0.497 e. The quantitative estimate of drug-likeness (QED) is 0.683. The summed E-state index contributed by atoms with van der Waals surface area (Å²) in [6, 6.07) is 14.4. The van der Waals surface area contributed by atoms with Gasteiger partial charge in [-0.15, -0.1) is 11.8 Å². The largest absolute Gasteiger partial charge is 0.497 e. The molecule has 0 fully saturated rings. The van der Waals surface area contributed by atoms with Crippen molar-refractivity contribution in [1.29, 1.82) is 0 Å². The molecule has 2 rings (SSSR count). The number of rotatable bonds is 9. The molecule has 0 heterocycles. The number of ether oxygens (including phenoxy) is 2. The second kappa shape index (κ2) is 10.5. The van der Waals surface area contributed by atoms with Crippen LogP contribution in [0.3, 0.4) is 0 Å². The number of nitrogens with one attached hydrogen (secondary N) is 2. The van der Waals surface area contributed by atoms with E-state index in [0.717, 1.165) is 5.75 Å². The van der Waals surface area contributed by atoms with E-state index in [1.807, 2.05) is 19.1 Å². The number of thioether (sulfide) groups is 1. The molecule has 0 unspecified atom stereocenters. The van der Waals surface area contributed by atoms with E-state index >= 15 is 0 Å². The topological polar surface area (TPSA) is 76.7 Å². The zero-order valence-electron chi connectivity index (χ0n) is 15.7. The Morgan fingerprint density at radius 2 is 1.78 bits per heavy atom. The molecule has 2 amide bonds. The van der Waals surface area contributed by atoms with E-state index in [2.05, 4.69) is 10.6 Å². The van der Waals surface area contributed by atoms with Crippen LogP contribution in [0.25, 0.3) is 0 Å². The zero-order chi connectivity index (χ0) is 19.6. The number of carbonyl (C=O) groups excluding carboxylic acids is 2. The van der Waals surface area contributed by atoms with Gasteiger partial charge in [-0.05, 0) is 50.2 Å². The van der Waals surface area contributed by atoms with E-state index in [9.17, 15) is 9.59 Å². The van der Waals surface area contributed by atoms with Crippen molar-refractivity contribution in [2.45, 2.75) is 19.1 Å². The third kappa shape index (κ3) is 6.53. The van der Waals surface area contributed by atoms with Crippen molar-refractivity contribution in [2.75, 3.05) is 30.1 Å². The second-order valence-corrected chi connectivity index (χ2v) is 6.98. The van der Waals surface area contributed by atoms with Crippen molar-refractivity contribution in [2.24, 2.45) is 0 Å². The summed E-state index contributed by atoms with van der Waals surface area (Å²) in [7, 11) is 1.59. The molecule has 0 aliphatic carbocycles. The third-order valence-corrected chi connectivity index (χ3v) is 4.80. The Bertz CT molecular complexity index is 765. The molecule has 2 N–H and O–H groups in total. The standard InChI is InChI=1S/C20H24N2O4S/c1-4-26-18-8-6-5-7-17(18)22-20(24)14(2)27-13-19(23)21-15-9-11-16(25-3)12-10-15/h5-12,14H,4,13H2,1-3H3,(H,21,23)(H,22,24)/t14-/m0/s1. The predicted molar refractivity (Wildman–Crippen MR) is 110 cm³/mol. The molecular weight excluding hydrogens is 364 g/mol. The van der Waals surface area contributed by atoms with Gasteiger partial charge in [0.15, 0.2) is 0 Å². The summed E-state index contributed by atoms with van der Waals surface area (Å²) in [5.74, 6) is 1.18. The normalized spacial score (nSPS) is 11.4. The SMILES string of the molecule is CCOc1ccccc1NC(=O)[C@H](C)SCC(=O)Nc1ccc(OC)cc1. The van der Waals surface area contributed by atoms with E-state index in [1.165, 1.54) is 11.8 Å². The maximum atomic E-state index is 12.4. The van der Waals surface area contributed by atoms with Crippen molar-refractivity contribution in [3.63, 3.8) is 0 Å². The molecule has 0 spiro atoms. The highest BCUT2D eigenvalue weighted by atomic mass is 32.2. The molecule has 2 aromatic carbocycles. The molecule has 1 atom stereocenters. The Morgan fingerprint density at radius 3 is 2.44 bits per heavy atom. The minimum absolute atomic E-state index is 0.167. The molecule has 0 aliphatic heterocycles. The van der Waals surface area contributed by atoms with Crippen molar-refractivity contribution in [3.05, 3.63) is 48.5 Å². The molecule has 27 heavy (non-hydrogen) atoms. The first-order valence-electron chi connectivity index (χ1n) is 8.61. The van der Waals surface area contributed by atoms with Gasteiger partial charge in [0.25, 0.3) is 0 Å². The van der Waals surface area contributed by atoms with Gasteiger partial charge in [-0.3, -0.25) is 9.59 Å². The summed E-state index contributed by atoms with van der Waals surface area (Å²) in [4.78, 5) is 24.5. The van der Waals surface area contributed by atoms with Gasteiger partial charge in [0.05, 0.1) is 30.4 Å². The number of para-hydroxylation sites is 2. The molecule has 144 valence electrons. The third-order valence-electron chi connectivity index (χ3n) is 3.65. The van der Waals surface area contributed by atoms with Crippen molar-refractivity contribution in [1.82, 2.24) is 0 Å². The summed E-state index contributed by atoms with van der Waals surface area (Å²) >= 11 is 1.27. The van der Waals surface area contributed by atoms with Crippen LogP contribution in [-0.4, -0.2) is 36.5 Å². The van der Waals surface area contributed by atoms with E-state index < -0.39 is 0 Å². The van der Waals surface area contributed by atoms with Gasteiger partial charge < -0.3 is 20.1 Å². The first kappa shape index (κ1) is 20.6. The number of anilines is 2. The molecule has 6 nitrogen and oxygen atoms in total. The number of hydrogen-bond acceptors (Lipinski definition) is 5. The molecular formula is C20H24N2O4S. The smallest absolute Gasteiger partial charge is 0.237 e. The lowest BCUT2D eigenvalue weighted by Crippen LogP contribution is -2.25. The van der Waals surface area contributed by atoms with Crippen LogP contribution in [0, 0.1) is 0 Å². The molecule has 0 aromatic heterocycles. The molecule has 0 radical (unpaired) electrons. The van der Waals surface area contributed by atoms with E-state index in [4.69, 9.17) is 9.47 Å². The fraction of sp³-hybridized carbons (Fsp3) is 0.300. The van der Waals surface area contributed by atoms with Crippen LogP contribution < -0.4 is 20.1 Å². The second-order valence-electron chi connectivity index (χ2n) is 5.65. The lowest BCUT2D eigenvalue weighted by Gasteiger charge is -2.14. The highest BCUT2D eigenvalue weighted by Gasteiger charge is 2.17. The van der Waals surface area contributed by atoms with Crippen LogP contribution in [-0.2, 0) is 9.59 Å². The van der Waals surface area contributed by atoms with E-state index in [0.29, 0.717) is 23.7 Å². The molecule has 0 saturated carbocycles. The average Bonchev–Trinajstić information content (AvgIpc) is 2.68. The van der Waals surface area contributed by atoms with Crippen molar-refractivity contribution < 1.29 is 19.1 Å². The van der Waals surface area contributed by atoms with Crippen LogP contribution in [0.4, 0.5) is 11.4 Å². The Morgan fingerprint density at radius 1 is 1.07 bits per heavy atom. The Kier molecular flexibility index (Phi) is 8.00. The molecule has 0 aliphatic rings. The maximum Gasteiger partial charge on any atom is 0.237 e. The van der Waals surface area contributed by atoms with Crippen molar-refractivity contribution >= 4 is 35.0 Å². The molecule has 7 heteroatoms. The Hall–Kier alpha value is -2.67. The first-order chi connectivity index (χ1) is 13.0. The van der Waals surface area contributed by atoms with Crippen LogP contribution in [0.15, 0.2) is 48.5 Å². The summed E-state index contributed by atoms with van der Waals surface area (Å²) in [5, 5.41) is 5.26. The monoisotopic (exact) mass is 388 g/mol. The highest BCUT2D eigenvalue weighted by Crippen LogP contribution is 2.25. The van der Waals surface area contributed by atoms with Gasteiger partial charge in [0.1, 0.15) is 11.5 Å². The summed E-state index contributed by atoms with van der Waals surface area (Å²) in [6.45, 7) is 4.17. The van der Waals surface area contributed by atoms with Gasteiger partial charge in [-0.2, -0.15) is 0 Å². The average molecular weight is 388 g/mol. The number of benzene rings is 2. The van der Waals surface area contributed by atoms with Gasteiger partial charge in [0, 0.05) is 5.69 Å². The lowest BCUT2D eigenvalue weighted by atomic mass is 10.3. The Labute approximate surface area is 163 Å². The van der Waals surface area contributed by atoms with Crippen LogP contribution in [0.5, 0.6) is 11.5 Å². The van der Waals surface area contributed by atoms with Crippen LogP contribution in [0.1, 0.15) is 13.8 Å². The first-order valence-corrected chi connectivity index (χ1v) is 9.66. The number of hydrogen-bond donors (Lipinski definition) is 2. The highest BCUT2D eigenvalue weighted by molar-refractivity contribution is 8.01. The van der Waals surface area contributed by atoms with Crippen molar-refractivity contribution in [3.8, 4) is 11.5 Å². The number of carbonyl (C=O) groups is 2. The summed E-state index contributed by atoms with van der Waals surface area (Å²) in [5.41, 5.74) is 1.31. The van der Waals surface area contributed by atoms with Gasteiger partial charge in [-0.1, -0.05) is 12.1 Å². The van der Waals surface area contributed by atoms with Crippen LogP contribution in [0.2, 0.25) is 0 Å². The minimum atomic E-state index is -0.388. The van der Waals surface area contributed by atoms with E-state index in [1.54, 1.807) is 50.4 Å². The molecule has 0 bridgehead atoms. The maximum absolute atomic E-state index is 12.4. The van der Waals surface area contributed by atoms with Gasteiger partial charge in [0.2, 0.25) is 11.8 Å². The fourth-order valence-electron chi connectivity index (χ4n) is 2.23. The summed E-state index contributed by atoms with van der Waals surface area (Å²) < 4.78 is 10.6. The zero-order valence-corrected chi connectivity index (χ0v) is 16.5. The predicted octanol–water partition coefficient (Wildman–Crippen LogP) is 3.79. The fourth-order valence-corrected chi connectivity index (χ4v) is 2.92. The number of amides is 2. The molecule has 2 aromatic rings. The Balaban J connectivity index is 1.82. The number of methoxy groups -OCH3 is 1. The van der Waals surface area contributed by atoms with Gasteiger partial charge in [-0.25, -0.2) is 0 Å². The van der Waals surface area contributed by atoms with E-state index in [-0.39, 0.29) is 22.8 Å². The molecule has 0 saturated heterocycles. The lowest BCUT2D eigenvalue weighted by molar-refractivity contribution is -0.115. The summed E-state index contributed by atoms with van der Waals surface area (Å²) in [6.07, 6.45) is 0.